The molecule has 1 rings (SSSR count). The zero-order valence-corrected chi connectivity index (χ0v) is 8.21. The minimum Gasteiger partial charge on any atom is -0.481 e. The molecule has 66 valence electrons. The summed E-state index contributed by atoms with van der Waals surface area (Å²) in [5.74, 6) is 4.30. The summed E-state index contributed by atoms with van der Waals surface area (Å²) in [7, 11) is 0. The molecule has 0 atom stereocenters. The Balaban J connectivity index is 2.77. The fourth-order valence-electron chi connectivity index (χ4n) is 0.694. The fourth-order valence-corrected chi connectivity index (χ4v) is 1.04. The Hall–Kier alpha value is -1.34. The standard InChI is InChI=1S/C9H6BrNO2/c10-9-7(4-2-6-11-9)3-1-5-8(12)13/h2,4,6H,5H2,(H,12,13). The van der Waals surface area contributed by atoms with E-state index in [0.29, 0.717) is 10.2 Å². The predicted molar refractivity (Wildman–Crippen MR) is 51.1 cm³/mol. The van der Waals surface area contributed by atoms with Crippen LogP contribution in [-0.2, 0) is 4.79 Å². The molecule has 0 unspecified atom stereocenters. The van der Waals surface area contributed by atoms with Gasteiger partial charge in [0, 0.05) is 6.20 Å². The van der Waals surface area contributed by atoms with Gasteiger partial charge in [0.25, 0.3) is 0 Å². The number of aliphatic carboxylic acids is 1. The van der Waals surface area contributed by atoms with Crippen molar-refractivity contribution in [2.45, 2.75) is 6.42 Å². The highest BCUT2D eigenvalue weighted by molar-refractivity contribution is 9.10. The summed E-state index contributed by atoms with van der Waals surface area (Å²) in [5.41, 5.74) is 0.698. The molecule has 0 radical (unpaired) electrons. The van der Waals surface area contributed by atoms with Crippen molar-refractivity contribution in [2.75, 3.05) is 0 Å². The number of nitrogens with zero attached hydrogens (tertiary/aromatic N) is 1. The number of carbonyl (C=O) groups is 1. The number of pyridine rings is 1. The highest BCUT2D eigenvalue weighted by Gasteiger charge is 1.94. The number of hydrogen-bond donors (Lipinski definition) is 1. The zero-order chi connectivity index (χ0) is 9.68. The Kier molecular flexibility index (Phi) is 3.47. The number of carboxylic acids is 1. The summed E-state index contributed by atoms with van der Waals surface area (Å²) < 4.78 is 0.632. The number of halogens is 1. The zero-order valence-electron chi connectivity index (χ0n) is 6.62. The fraction of sp³-hybridized carbons (Fsp3) is 0.111. The molecule has 1 N–H and O–H groups in total. The molecular weight excluding hydrogens is 234 g/mol. The van der Waals surface area contributed by atoms with Gasteiger partial charge in [-0.3, -0.25) is 4.79 Å². The van der Waals surface area contributed by atoms with E-state index in [1.165, 1.54) is 0 Å². The molecule has 0 aromatic carbocycles. The largest absolute Gasteiger partial charge is 0.481 e. The van der Waals surface area contributed by atoms with Gasteiger partial charge in [0.05, 0.1) is 5.56 Å². The van der Waals surface area contributed by atoms with Crippen LogP contribution in [0.1, 0.15) is 12.0 Å². The van der Waals surface area contributed by atoms with E-state index in [9.17, 15) is 4.79 Å². The molecule has 0 bridgehead atoms. The van der Waals surface area contributed by atoms with Gasteiger partial charge in [-0.1, -0.05) is 11.8 Å². The summed E-state index contributed by atoms with van der Waals surface area (Å²) in [6.07, 6.45) is 1.48. The quantitative estimate of drug-likeness (QED) is 0.600. The molecule has 0 spiro atoms. The number of carboxylic acid groups (broad SMARTS) is 1. The third-order valence-corrected chi connectivity index (χ3v) is 1.85. The molecule has 0 amide bonds. The molecule has 0 aliphatic heterocycles. The first kappa shape index (κ1) is 9.75. The van der Waals surface area contributed by atoms with E-state index >= 15 is 0 Å². The lowest BCUT2D eigenvalue weighted by atomic mass is 10.3. The van der Waals surface area contributed by atoms with Crippen molar-refractivity contribution >= 4 is 21.9 Å². The van der Waals surface area contributed by atoms with Gasteiger partial charge in [0.15, 0.2) is 0 Å². The Labute approximate surface area is 83.9 Å². The van der Waals surface area contributed by atoms with E-state index in [1.807, 2.05) is 0 Å². The summed E-state index contributed by atoms with van der Waals surface area (Å²) in [5, 5.41) is 8.33. The van der Waals surface area contributed by atoms with Crippen LogP contribution in [0.3, 0.4) is 0 Å². The monoisotopic (exact) mass is 239 g/mol. The lowest BCUT2D eigenvalue weighted by molar-refractivity contribution is -0.135. The smallest absolute Gasteiger partial charge is 0.315 e. The van der Waals surface area contributed by atoms with Crippen molar-refractivity contribution < 1.29 is 9.90 Å². The molecule has 0 saturated carbocycles. The number of aromatic nitrogens is 1. The van der Waals surface area contributed by atoms with Crippen LogP contribution < -0.4 is 0 Å². The Bertz CT molecular complexity index is 379. The normalized spacial score (nSPS) is 8.69. The van der Waals surface area contributed by atoms with Crippen molar-refractivity contribution in [1.29, 1.82) is 0 Å². The second kappa shape index (κ2) is 4.63. The first-order chi connectivity index (χ1) is 6.20. The van der Waals surface area contributed by atoms with Gasteiger partial charge in [-0.15, -0.1) is 0 Å². The Morgan fingerprint density at radius 3 is 3.08 bits per heavy atom. The minimum atomic E-state index is -0.924. The van der Waals surface area contributed by atoms with Gasteiger partial charge in [0.2, 0.25) is 0 Å². The van der Waals surface area contributed by atoms with Crippen LogP contribution in [0.5, 0.6) is 0 Å². The van der Waals surface area contributed by atoms with Crippen LogP contribution in [0.2, 0.25) is 0 Å². The van der Waals surface area contributed by atoms with E-state index in [4.69, 9.17) is 5.11 Å². The molecule has 1 aromatic heterocycles. The van der Waals surface area contributed by atoms with Crippen LogP contribution in [0, 0.1) is 11.8 Å². The van der Waals surface area contributed by atoms with Crippen molar-refractivity contribution in [1.82, 2.24) is 4.98 Å². The van der Waals surface area contributed by atoms with Crippen LogP contribution in [-0.4, -0.2) is 16.1 Å². The topological polar surface area (TPSA) is 50.2 Å². The van der Waals surface area contributed by atoms with Crippen molar-refractivity contribution in [3.05, 3.63) is 28.5 Å². The first-order valence-corrected chi connectivity index (χ1v) is 4.30. The predicted octanol–water partition coefficient (Wildman–Crippen LogP) is 1.67. The Morgan fingerprint density at radius 1 is 1.69 bits per heavy atom. The van der Waals surface area contributed by atoms with Crippen LogP contribution >= 0.6 is 15.9 Å². The van der Waals surface area contributed by atoms with Gasteiger partial charge in [-0.2, -0.15) is 0 Å². The highest BCUT2D eigenvalue weighted by atomic mass is 79.9. The van der Waals surface area contributed by atoms with Gasteiger partial charge in [-0.05, 0) is 28.1 Å². The van der Waals surface area contributed by atoms with Crippen molar-refractivity contribution in [2.24, 2.45) is 0 Å². The van der Waals surface area contributed by atoms with Gasteiger partial charge in [0.1, 0.15) is 11.0 Å². The van der Waals surface area contributed by atoms with Gasteiger partial charge in [-0.25, -0.2) is 4.98 Å². The van der Waals surface area contributed by atoms with E-state index in [-0.39, 0.29) is 6.42 Å². The molecule has 0 aliphatic carbocycles. The third-order valence-electron chi connectivity index (χ3n) is 1.22. The molecule has 0 saturated heterocycles. The maximum absolute atomic E-state index is 10.1. The van der Waals surface area contributed by atoms with E-state index < -0.39 is 5.97 Å². The summed E-state index contributed by atoms with van der Waals surface area (Å²) in [6.45, 7) is 0. The Morgan fingerprint density at radius 2 is 2.46 bits per heavy atom. The van der Waals surface area contributed by atoms with Crippen LogP contribution in [0.4, 0.5) is 0 Å². The average Bonchev–Trinajstić information content (AvgIpc) is 2.08. The summed E-state index contributed by atoms with van der Waals surface area (Å²) >= 11 is 3.20. The molecule has 3 nitrogen and oxygen atoms in total. The lowest BCUT2D eigenvalue weighted by Crippen LogP contribution is -1.90. The molecule has 0 fully saturated rings. The van der Waals surface area contributed by atoms with Crippen LogP contribution in [0.15, 0.2) is 22.9 Å². The second-order valence-electron chi connectivity index (χ2n) is 2.21. The van der Waals surface area contributed by atoms with Crippen LogP contribution in [0.25, 0.3) is 0 Å². The SMILES string of the molecule is O=C(O)CC#Cc1cccnc1Br. The lowest BCUT2D eigenvalue weighted by Gasteiger charge is -1.91. The summed E-state index contributed by atoms with van der Waals surface area (Å²) in [4.78, 5) is 14.1. The molecule has 1 heterocycles. The maximum Gasteiger partial charge on any atom is 0.315 e. The van der Waals surface area contributed by atoms with Crippen molar-refractivity contribution in [3.63, 3.8) is 0 Å². The number of hydrogen-bond acceptors (Lipinski definition) is 2. The minimum absolute atomic E-state index is 0.151. The molecule has 4 heteroatoms. The first-order valence-electron chi connectivity index (χ1n) is 3.51. The average molecular weight is 240 g/mol. The number of rotatable bonds is 1. The van der Waals surface area contributed by atoms with Crippen molar-refractivity contribution in [3.8, 4) is 11.8 Å². The van der Waals surface area contributed by atoms with E-state index in [1.54, 1.807) is 18.3 Å². The molecular formula is C9H6BrNO2. The molecule has 13 heavy (non-hydrogen) atoms. The highest BCUT2D eigenvalue weighted by Crippen LogP contribution is 2.10. The van der Waals surface area contributed by atoms with Gasteiger partial charge >= 0.3 is 5.97 Å². The second-order valence-corrected chi connectivity index (χ2v) is 2.97. The molecule has 0 aliphatic rings. The van der Waals surface area contributed by atoms with Gasteiger partial charge < -0.3 is 5.11 Å². The third kappa shape index (κ3) is 3.26. The van der Waals surface area contributed by atoms with E-state index in [0.717, 1.165) is 0 Å². The summed E-state index contributed by atoms with van der Waals surface area (Å²) in [6, 6.07) is 3.52. The molecule has 1 aromatic rings. The van der Waals surface area contributed by atoms with E-state index in [2.05, 4.69) is 32.8 Å². The maximum atomic E-state index is 10.1.